The average Bonchev–Trinajstić information content (AvgIpc) is 2.73. The summed E-state index contributed by atoms with van der Waals surface area (Å²) in [6.07, 6.45) is 6.52. The maximum absolute atomic E-state index is 13.3. The number of rotatable bonds is 7. The van der Waals surface area contributed by atoms with Gasteiger partial charge in [-0.1, -0.05) is 36.9 Å². The molecule has 156 valence electrons. The van der Waals surface area contributed by atoms with E-state index in [2.05, 4.69) is 5.32 Å². The lowest BCUT2D eigenvalue weighted by Crippen LogP contribution is -2.45. The van der Waals surface area contributed by atoms with Gasteiger partial charge in [-0.15, -0.1) is 11.8 Å². The molecule has 5 nitrogen and oxygen atoms in total. The number of nitrogens with one attached hydrogen (secondary N) is 1. The number of amides is 1. The van der Waals surface area contributed by atoms with E-state index in [1.54, 1.807) is 30.0 Å². The predicted octanol–water partition coefficient (Wildman–Crippen LogP) is 5.02. The lowest BCUT2D eigenvalue weighted by molar-refractivity contribution is -0.116. The minimum Gasteiger partial charge on any atom is -0.325 e. The molecule has 3 rings (SSSR count). The topological polar surface area (TPSA) is 66.5 Å². The number of benzene rings is 2. The summed E-state index contributed by atoms with van der Waals surface area (Å²) in [6.45, 7) is -0.209. The van der Waals surface area contributed by atoms with Crippen molar-refractivity contribution in [1.29, 1.82) is 0 Å². The van der Waals surface area contributed by atoms with Crippen molar-refractivity contribution in [3.05, 3.63) is 53.6 Å². The molecule has 1 amide bonds. The Morgan fingerprint density at radius 3 is 2.48 bits per heavy atom. The Balaban J connectivity index is 1.83. The smallest absolute Gasteiger partial charge is 0.243 e. The first-order valence-electron chi connectivity index (χ1n) is 9.61. The molecule has 2 aromatic carbocycles. The molecule has 8 heteroatoms. The van der Waals surface area contributed by atoms with Crippen LogP contribution >= 0.6 is 23.4 Å². The molecule has 0 spiro atoms. The molecule has 0 radical (unpaired) electrons. The fourth-order valence-corrected chi connectivity index (χ4v) is 5.79. The second-order valence-corrected chi connectivity index (χ2v) is 10.3. The van der Waals surface area contributed by atoms with Crippen LogP contribution in [0.3, 0.4) is 0 Å². The van der Waals surface area contributed by atoms with Crippen LogP contribution in [0.4, 0.5) is 5.69 Å². The van der Waals surface area contributed by atoms with E-state index < -0.39 is 10.0 Å². The minimum atomic E-state index is -3.81. The third kappa shape index (κ3) is 5.75. The Hall–Kier alpha value is -1.54. The standard InChI is InChI=1S/C21H25ClN2O3S2/c1-28-19-9-5-6-17(14-19)23-21(25)15-24(18-7-3-2-4-8-18)29(26,27)20-12-10-16(22)11-13-20/h5-6,9-14,18H,2-4,7-8,15H2,1H3,(H,23,25). The number of hydrogen-bond donors (Lipinski definition) is 1. The molecular formula is C21H25ClN2O3S2. The highest BCUT2D eigenvalue weighted by atomic mass is 35.5. The summed E-state index contributed by atoms with van der Waals surface area (Å²) in [5, 5.41) is 3.31. The number of anilines is 1. The van der Waals surface area contributed by atoms with Gasteiger partial charge < -0.3 is 5.32 Å². The Morgan fingerprint density at radius 1 is 1.14 bits per heavy atom. The van der Waals surface area contributed by atoms with E-state index in [0.717, 1.165) is 37.0 Å². The van der Waals surface area contributed by atoms with Crippen molar-refractivity contribution in [1.82, 2.24) is 4.31 Å². The molecule has 1 saturated carbocycles. The highest BCUT2D eigenvalue weighted by molar-refractivity contribution is 7.98. The molecule has 0 heterocycles. The molecule has 2 aromatic rings. The van der Waals surface area contributed by atoms with Crippen molar-refractivity contribution in [3.8, 4) is 0 Å². The Kier molecular flexibility index (Phi) is 7.62. The molecule has 0 bridgehead atoms. The lowest BCUT2D eigenvalue weighted by atomic mass is 9.95. The van der Waals surface area contributed by atoms with Gasteiger partial charge in [0, 0.05) is 21.6 Å². The SMILES string of the molecule is CSc1cccc(NC(=O)CN(C2CCCCC2)S(=O)(=O)c2ccc(Cl)cc2)c1. The van der Waals surface area contributed by atoms with Crippen LogP contribution in [-0.2, 0) is 14.8 Å². The van der Waals surface area contributed by atoms with Gasteiger partial charge in [-0.05, 0) is 61.6 Å². The highest BCUT2D eigenvalue weighted by Gasteiger charge is 2.34. The summed E-state index contributed by atoms with van der Waals surface area (Å²) >= 11 is 7.50. The van der Waals surface area contributed by atoms with Crippen LogP contribution in [0, 0.1) is 0 Å². The summed E-state index contributed by atoms with van der Waals surface area (Å²) in [5.74, 6) is -0.341. The molecule has 0 saturated heterocycles. The van der Waals surface area contributed by atoms with Gasteiger partial charge in [0.1, 0.15) is 0 Å². The molecular weight excluding hydrogens is 428 g/mol. The zero-order valence-electron chi connectivity index (χ0n) is 16.3. The minimum absolute atomic E-state index is 0.157. The quantitative estimate of drug-likeness (QED) is 0.598. The lowest BCUT2D eigenvalue weighted by Gasteiger charge is -2.33. The van der Waals surface area contributed by atoms with Crippen molar-refractivity contribution in [3.63, 3.8) is 0 Å². The van der Waals surface area contributed by atoms with Crippen LogP contribution in [0.2, 0.25) is 5.02 Å². The third-order valence-electron chi connectivity index (χ3n) is 5.06. The number of thioether (sulfide) groups is 1. The first-order chi connectivity index (χ1) is 13.9. The molecule has 0 aromatic heterocycles. The second-order valence-electron chi connectivity index (χ2n) is 7.08. The van der Waals surface area contributed by atoms with E-state index >= 15 is 0 Å². The van der Waals surface area contributed by atoms with E-state index in [1.807, 2.05) is 24.5 Å². The fraction of sp³-hybridized carbons (Fsp3) is 0.381. The predicted molar refractivity (Wildman–Crippen MR) is 119 cm³/mol. The van der Waals surface area contributed by atoms with Crippen molar-refractivity contribution >= 4 is 45.0 Å². The largest absolute Gasteiger partial charge is 0.325 e. The van der Waals surface area contributed by atoms with Gasteiger partial charge in [0.2, 0.25) is 15.9 Å². The molecule has 29 heavy (non-hydrogen) atoms. The average molecular weight is 453 g/mol. The summed E-state index contributed by atoms with van der Waals surface area (Å²) in [5.41, 5.74) is 0.661. The molecule has 1 N–H and O–H groups in total. The summed E-state index contributed by atoms with van der Waals surface area (Å²) < 4.78 is 28.0. The number of sulfonamides is 1. The zero-order valence-corrected chi connectivity index (χ0v) is 18.7. The maximum atomic E-state index is 13.3. The van der Waals surface area contributed by atoms with Crippen LogP contribution in [0.15, 0.2) is 58.3 Å². The van der Waals surface area contributed by atoms with Crippen LogP contribution in [0.25, 0.3) is 0 Å². The fourth-order valence-electron chi connectivity index (χ4n) is 3.56. The van der Waals surface area contributed by atoms with Crippen molar-refractivity contribution < 1.29 is 13.2 Å². The van der Waals surface area contributed by atoms with Crippen LogP contribution in [-0.4, -0.2) is 37.5 Å². The second kappa shape index (κ2) is 9.98. The van der Waals surface area contributed by atoms with E-state index in [0.29, 0.717) is 10.7 Å². The first-order valence-corrected chi connectivity index (χ1v) is 12.7. The number of halogens is 1. The summed E-state index contributed by atoms with van der Waals surface area (Å²) in [4.78, 5) is 13.9. The van der Waals surface area contributed by atoms with E-state index in [1.165, 1.54) is 16.4 Å². The highest BCUT2D eigenvalue weighted by Crippen LogP contribution is 2.28. The zero-order chi connectivity index (χ0) is 20.9. The molecule has 0 aliphatic heterocycles. The number of hydrogen-bond acceptors (Lipinski definition) is 4. The van der Waals surface area contributed by atoms with Gasteiger partial charge in [-0.25, -0.2) is 8.42 Å². The molecule has 1 fully saturated rings. The Morgan fingerprint density at radius 2 is 1.83 bits per heavy atom. The molecule has 0 atom stereocenters. The van der Waals surface area contributed by atoms with E-state index in [9.17, 15) is 13.2 Å². The first kappa shape index (κ1) is 22.2. The molecule has 1 aliphatic carbocycles. The summed E-state index contributed by atoms with van der Waals surface area (Å²) in [6, 6.07) is 13.4. The third-order valence-corrected chi connectivity index (χ3v) is 7.95. The van der Waals surface area contributed by atoms with Crippen molar-refractivity contribution in [2.45, 2.75) is 47.9 Å². The number of carbonyl (C=O) groups is 1. The normalized spacial score (nSPS) is 15.4. The van der Waals surface area contributed by atoms with E-state index in [4.69, 9.17) is 11.6 Å². The van der Waals surface area contributed by atoms with Gasteiger partial charge in [-0.3, -0.25) is 4.79 Å². The van der Waals surface area contributed by atoms with Crippen LogP contribution < -0.4 is 5.32 Å². The van der Waals surface area contributed by atoms with E-state index in [-0.39, 0.29) is 23.4 Å². The van der Waals surface area contributed by atoms with Gasteiger partial charge in [-0.2, -0.15) is 4.31 Å². The molecule has 1 aliphatic rings. The maximum Gasteiger partial charge on any atom is 0.243 e. The van der Waals surface area contributed by atoms with Gasteiger partial charge >= 0.3 is 0 Å². The Labute approximate surface area is 181 Å². The van der Waals surface area contributed by atoms with Crippen molar-refractivity contribution in [2.75, 3.05) is 18.1 Å². The van der Waals surface area contributed by atoms with Gasteiger partial charge in [0.15, 0.2) is 0 Å². The Bertz CT molecular complexity index is 943. The summed E-state index contributed by atoms with van der Waals surface area (Å²) in [7, 11) is -3.81. The number of carbonyl (C=O) groups excluding carboxylic acids is 1. The van der Waals surface area contributed by atoms with Gasteiger partial charge in [0.05, 0.1) is 11.4 Å². The molecule has 0 unspecified atom stereocenters. The monoisotopic (exact) mass is 452 g/mol. The van der Waals surface area contributed by atoms with Crippen molar-refractivity contribution in [2.24, 2.45) is 0 Å². The van der Waals surface area contributed by atoms with Crippen LogP contribution in [0.5, 0.6) is 0 Å². The van der Waals surface area contributed by atoms with Gasteiger partial charge in [0.25, 0.3) is 0 Å². The number of nitrogens with zero attached hydrogens (tertiary/aromatic N) is 1. The van der Waals surface area contributed by atoms with Crippen LogP contribution in [0.1, 0.15) is 32.1 Å².